The van der Waals surface area contributed by atoms with Crippen molar-refractivity contribution in [3.8, 4) is 5.88 Å². The molecule has 0 unspecified atom stereocenters. The first-order valence-corrected chi connectivity index (χ1v) is 9.22. The number of carbonyl (C=O) groups is 1. The molecule has 1 aromatic heterocycles. The van der Waals surface area contributed by atoms with Gasteiger partial charge in [-0.25, -0.2) is 4.98 Å². The molecule has 3 rings (SSSR count). The molecular formula is C21H26N2O2. The lowest BCUT2D eigenvalue weighted by atomic mass is 9.87. The summed E-state index contributed by atoms with van der Waals surface area (Å²) in [7, 11) is 0. The van der Waals surface area contributed by atoms with Crippen LogP contribution in [0.5, 0.6) is 5.88 Å². The summed E-state index contributed by atoms with van der Waals surface area (Å²) in [5.74, 6) is 1.25. The number of nitrogens with zero attached hydrogens (tertiary/aromatic N) is 1. The van der Waals surface area contributed by atoms with E-state index in [1.807, 2.05) is 30.3 Å². The van der Waals surface area contributed by atoms with E-state index in [2.05, 4.69) is 10.3 Å². The maximum absolute atomic E-state index is 12.2. The van der Waals surface area contributed by atoms with Crippen molar-refractivity contribution < 1.29 is 9.53 Å². The molecule has 0 aliphatic heterocycles. The number of nitrogens with one attached hydrogen (secondary N) is 1. The Balaban J connectivity index is 1.42. The lowest BCUT2D eigenvalue weighted by Crippen LogP contribution is -2.26. The predicted molar refractivity (Wildman–Crippen MR) is 98.5 cm³/mol. The van der Waals surface area contributed by atoms with Crippen LogP contribution in [0.2, 0.25) is 0 Å². The van der Waals surface area contributed by atoms with Crippen molar-refractivity contribution in [2.45, 2.75) is 45.1 Å². The van der Waals surface area contributed by atoms with Crippen LogP contribution < -0.4 is 10.1 Å². The van der Waals surface area contributed by atoms with E-state index in [-0.39, 0.29) is 5.91 Å². The highest BCUT2D eigenvalue weighted by Crippen LogP contribution is 2.25. The molecule has 4 nitrogen and oxygen atoms in total. The number of hydrogen-bond acceptors (Lipinski definition) is 3. The molecule has 1 aromatic carbocycles. The monoisotopic (exact) mass is 338 g/mol. The highest BCUT2D eigenvalue weighted by molar-refractivity contribution is 5.93. The lowest BCUT2D eigenvalue weighted by Gasteiger charge is -2.21. The first-order chi connectivity index (χ1) is 12.3. The van der Waals surface area contributed by atoms with Crippen LogP contribution in [0, 0.1) is 5.92 Å². The number of ether oxygens (including phenoxy) is 1. The SMILES string of the molecule is O=C(NCCC1CCCCC1)c1ccc(OCc2ccccc2)nc1. The minimum absolute atomic E-state index is 0.0575. The van der Waals surface area contributed by atoms with E-state index in [1.54, 1.807) is 18.3 Å². The Hall–Kier alpha value is -2.36. The van der Waals surface area contributed by atoms with Crippen LogP contribution in [0.25, 0.3) is 0 Å². The van der Waals surface area contributed by atoms with Gasteiger partial charge in [0.25, 0.3) is 5.91 Å². The summed E-state index contributed by atoms with van der Waals surface area (Å²) in [6, 6.07) is 13.5. The van der Waals surface area contributed by atoms with E-state index in [0.717, 1.165) is 24.4 Å². The number of amides is 1. The van der Waals surface area contributed by atoms with Crippen molar-refractivity contribution in [1.82, 2.24) is 10.3 Å². The molecule has 1 amide bonds. The Morgan fingerprint density at radius 3 is 2.60 bits per heavy atom. The second kappa shape index (κ2) is 9.21. The van der Waals surface area contributed by atoms with Gasteiger partial charge in [0.2, 0.25) is 5.88 Å². The molecule has 0 atom stereocenters. The van der Waals surface area contributed by atoms with Gasteiger partial charge in [0.05, 0.1) is 5.56 Å². The van der Waals surface area contributed by atoms with Crippen LogP contribution in [0.15, 0.2) is 48.7 Å². The first-order valence-electron chi connectivity index (χ1n) is 9.22. The van der Waals surface area contributed by atoms with Gasteiger partial charge < -0.3 is 10.1 Å². The minimum Gasteiger partial charge on any atom is -0.473 e. The largest absolute Gasteiger partial charge is 0.473 e. The molecule has 0 spiro atoms. The highest BCUT2D eigenvalue weighted by Gasteiger charge is 2.13. The number of aromatic nitrogens is 1. The predicted octanol–water partition coefficient (Wildman–Crippen LogP) is 4.36. The first kappa shape index (κ1) is 17.5. The summed E-state index contributed by atoms with van der Waals surface area (Å²) in [5.41, 5.74) is 1.67. The van der Waals surface area contributed by atoms with E-state index in [0.29, 0.717) is 18.1 Å². The fourth-order valence-electron chi connectivity index (χ4n) is 3.30. The van der Waals surface area contributed by atoms with Gasteiger partial charge in [-0.3, -0.25) is 4.79 Å². The van der Waals surface area contributed by atoms with Gasteiger partial charge in [0, 0.05) is 18.8 Å². The molecule has 1 aliphatic rings. The summed E-state index contributed by atoms with van der Waals surface area (Å²) in [4.78, 5) is 16.4. The molecule has 1 aliphatic carbocycles. The molecule has 0 radical (unpaired) electrons. The topological polar surface area (TPSA) is 51.2 Å². The summed E-state index contributed by atoms with van der Waals surface area (Å²) in [6.45, 7) is 1.22. The average Bonchev–Trinajstić information content (AvgIpc) is 2.68. The highest BCUT2D eigenvalue weighted by atomic mass is 16.5. The molecule has 25 heavy (non-hydrogen) atoms. The maximum atomic E-state index is 12.2. The zero-order valence-electron chi connectivity index (χ0n) is 14.6. The van der Waals surface area contributed by atoms with Crippen LogP contribution in [0.3, 0.4) is 0 Å². The molecule has 0 saturated heterocycles. The number of benzene rings is 1. The maximum Gasteiger partial charge on any atom is 0.252 e. The zero-order valence-corrected chi connectivity index (χ0v) is 14.6. The number of pyridine rings is 1. The van der Waals surface area contributed by atoms with Gasteiger partial charge in [0.1, 0.15) is 6.61 Å². The Kier molecular flexibility index (Phi) is 6.43. The molecule has 4 heteroatoms. The normalized spacial score (nSPS) is 14.9. The number of rotatable bonds is 7. The van der Waals surface area contributed by atoms with Crippen molar-refractivity contribution in [1.29, 1.82) is 0 Å². The summed E-state index contributed by atoms with van der Waals surface area (Å²) >= 11 is 0. The van der Waals surface area contributed by atoms with Crippen LogP contribution in [0.1, 0.15) is 54.4 Å². The van der Waals surface area contributed by atoms with E-state index >= 15 is 0 Å². The summed E-state index contributed by atoms with van der Waals surface area (Å²) in [5, 5.41) is 3.00. The van der Waals surface area contributed by atoms with Gasteiger partial charge in [-0.1, -0.05) is 62.4 Å². The summed E-state index contributed by atoms with van der Waals surface area (Å²) < 4.78 is 5.64. The van der Waals surface area contributed by atoms with Crippen LogP contribution in [-0.4, -0.2) is 17.4 Å². The second-order valence-corrected chi connectivity index (χ2v) is 6.71. The number of hydrogen-bond donors (Lipinski definition) is 1. The quantitative estimate of drug-likeness (QED) is 0.816. The Bertz CT molecular complexity index is 649. The van der Waals surface area contributed by atoms with Crippen LogP contribution in [-0.2, 0) is 6.61 Å². The van der Waals surface area contributed by atoms with Crippen molar-refractivity contribution in [3.05, 3.63) is 59.8 Å². The second-order valence-electron chi connectivity index (χ2n) is 6.71. The van der Waals surface area contributed by atoms with Gasteiger partial charge in [-0.15, -0.1) is 0 Å². The van der Waals surface area contributed by atoms with Crippen molar-refractivity contribution in [2.24, 2.45) is 5.92 Å². The third kappa shape index (κ3) is 5.59. The zero-order chi connectivity index (χ0) is 17.3. The molecule has 1 heterocycles. The molecule has 0 bridgehead atoms. The Morgan fingerprint density at radius 1 is 1.08 bits per heavy atom. The molecule has 1 N–H and O–H groups in total. The molecule has 1 fully saturated rings. The standard InChI is InChI=1S/C21H26N2O2/c24-21(22-14-13-17-7-3-1-4-8-17)19-11-12-20(23-15-19)25-16-18-9-5-2-6-10-18/h2,5-6,9-12,15,17H,1,3-4,7-8,13-14,16H2,(H,22,24). The molecule has 1 saturated carbocycles. The summed E-state index contributed by atoms with van der Waals surface area (Å²) in [6.07, 6.45) is 9.33. The van der Waals surface area contributed by atoms with Crippen molar-refractivity contribution >= 4 is 5.91 Å². The fourth-order valence-corrected chi connectivity index (χ4v) is 3.30. The van der Waals surface area contributed by atoms with Gasteiger partial charge in [0.15, 0.2) is 0 Å². The van der Waals surface area contributed by atoms with Crippen LogP contribution >= 0.6 is 0 Å². The Morgan fingerprint density at radius 2 is 1.88 bits per heavy atom. The van der Waals surface area contributed by atoms with Crippen molar-refractivity contribution in [2.75, 3.05) is 6.54 Å². The van der Waals surface area contributed by atoms with E-state index in [1.165, 1.54) is 32.1 Å². The van der Waals surface area contributed by atoms with Crippen LogP contribution in [0.4, 0.5) is 0 Å². The fraction of sp³-hybridized carbons (Fsp3) is 0.429. The van der Waals surface area contributed by atoms with Gasteiger partial charge in [-0.2, -0.15) is 0 Å². The smallest absolute Gasteiger partial charge is 0.252 e. The number of carbonyl (C=O) groups excluding carboxylic acids is 1. The van der Waals surface area contributed by atoms with Gasteiger partial charge >= 0.3 is 0 Å². The lowest BCUT2D eigenvalue weighted by molar-refractivity contribution is 0.0950. The van der Waals surface area contributed by atoms with Crippen molar-refractivity contribution in [3.63, 3.8) is 0 Å². The third-order valence-electron chi connectivity index (χ3n) is 4.79. The Labute approximate surface area is 149 Å². The molecular weight excluding hydrogens is 312 g/mol. The van der Waals surface area contributed by atoms with E-state index in [4.69, 9.17) is 4.74 Å². The molecule has 132 valence electrons. The average molecular weight is 338 g/mol. The minimum atomic E-state index is -0.0575. The van der Waals surface area contributed by atoms with E-state index in [9.17, 15) is 4.79 Å². The molecule has 2 aromatic rings. The van der Waals surface area contributed by atoms with Gasteiger partial charge in [-0.05, 0) is 24.0 Å². The third-order valence-corrected chi connectivity index (χ3v) is 4.79. The van der Waals surface area contributed by atoms with E-state index < -0.39 is 0 Å².